The van der Waals surface area contributed by atoms with Crippen LogP contribution < -0.4 is 0 Å². The van der Waals surface area contributed by atoms with Gasteiger partial charge in [0.2, 0.25) is 0 Å². The predicted molar refractivity (Wildman–Crippen MR) is 58.0 cm³/mol. The highest BCUT2D eigenvalue weighted by atomic mass is 19.3. The van der Waals surface area contributed by atoms with Crippen LogP contribution in [0.5, 0.6) is 0 Å². The number of halogens is 2. The van der Waals surface area contributed by atoms with E-state index in [1.165, 1.54) is 0 Å². The zero-order chi connectivity index (χ0) is 11.2. The average molecular weight is 218 g/mol. The Hall–Kier alpha value is -1.36. The van der Waals surface area contributed by atoms with Crippen LogP contribution in [0, 0.1) is 23.2 Å². The quantitative estimate of drug-likeness (QED) is 0.585. The van der Waals surface area contributed by atoms with Gasteiger partial charge in [0, 0.05) is 11.5 Å². The molecule has 4 rings (SSSR count). The van der Waals surface area contributed by atoms with Gasteiger partial charge in [-0.1, -0.05) is 30.0 Å². The largest absolute Gasteiger partial charge is 0.267 e. The fourth-order valence-electron chi connectivity index (χ4n) is 2.83. The van der Waals surface area contributed by atoms with E-state index in [1.807, 2.05) is 30.3 Å². The van der Waals surface area contributed by atoms with Crippen molar-refractivity contribution in [1.82, 2.24) is 0 Å². The van der Waals surface area contributed by atoms with E-state index in [0.717, 1.165) is 5.56 Å². The average Bonchev–Trinajstić information content (AvgIpc) is 2.84. The van der Waals surface area contributed by atoms with Gasteiger partial charge in [-0.3, -0.25) is 0 Å². The van der Waals surface area contributed by atoms with Crippen LogP contribution in [0.2, 0.25) is 0 Å². The van der Waals surface area contributed by atoms with E-state index in [0.29, 0.717) is 19.3 Å². The molecule has 3 aliphatic rings. The number of hydrogen-bond donors (Lipinski definition) is 0. The molecule has 0 saturated heterocycles. The molecule has 3 fully saturated rings. The smallest absolute Gasteiger partial charge is 0.205 e. The summed E-state index contributed by atoms with van der Waals surface area (Å²) in [6.45, 7) is 0. The Morgan fingerprint density at radius 1 is 1.19 bits per heavy atom. The monoisotopic (exact) mass is 218 g/mol. The molecule has 2 atom stereocenters. The molecule has 16 heavy (non-hydrogen) atoms. The molecule has 2 unspecified atom stereocenters. The summed E-state index contributed by atoms with van der Waals surface area (Å²) in [7, 11) is 0. The van der Waals surface area contributed by atoms with Gasteiger partial charge in [-0.2, -0.15) is 0 Å². The number of rotatable bonds is 0. The summed E-state index contributed by atoms with van der Waals surface area (Å²) in [5.41, 5.74) is -0.184. The summed E-state index contributed by atoms with van der Waals surface area (Å²) in [4.78, 5) is 0. The summed E-state index contributed by atoms with van der Waals surface area (Å²) in [6, 6.07) is 9.35. The van der Waals surface area contributed by atoms with Crippen molar-refractivity contribution in [2.45, 2.75) is 25.2 Å². The maximum absolute atomic E-state index is 13.6. The molecule has 3 saturated carbocycles. The van der Waals surface area contributed by atoms with E-state index < -0.39 is 17.3 Å². The molecule has 0 radical (unpaired) electrons. The first-order valence-electron chi connectivity index (χ1n) is 5.60. The molecule has 0 aliphatic heterocycles. The molecule has 82 valence electrons. The van der Waals surface area contributed by atoms with E-state index in [9.17, 15) is 8.78 Å². The summed E-state index contributed by atoms with van der Waals surface area (Å²) >= 11 is 0. The zero-order valence-electron chi connectivity index (χ0n) is 8.84. The zero-order valence-corrected chi connectivity index (χ0v) is 8.84. The molecule has 0 amide bonds. The fourth-order valence-corrected chi connectivity index (χ4v) is 2.83. The molecule has 1 aromatic rings. The lowest BCUT2D eigenvalue weighted by molar-refractivity contribution is -0.181. The molecule has 0 spiro atoms. The van der Waals surface area contributed by atoms with Crippen molar-refractivity contribution in [1.29, 1.82) is 0 Å². The Bertz CT molecular complexity index is 463. The van der Waals surface area contributed by atoms with Gasteiger partial charge in [-0.25, -0.2) is 8.78 Å². The maximum atomic E-state index is 13.6. The maximum Gasteiger partial charge on any atom is 0.267 e. The van der Waals surface area contributed by atoms with Crippen molar-refractivity contribution in [3.8, 4) is 11.8 Å². The number of alkyl halides is 2. The van der Waals surface area contributed by atoms with E-state index in [4.69, 9.17) is 0 Å². The SMILES string of the molecule is FC1(F)C2CCC1(C#Cc1ccccc1)C2. The summed E-state index contributed by atoms with van der Waals surface area (Å²) in [6.07, 6.45) is 1.78. The Morgan fingerprint density at radius 3 is 2.50 bits per heavy atom. The minimum absolute atomic E-state index is 0.405. The van der Waals surface area contributed by atoms with Crippen LogP contribution >= 0.6 is 0 Å². The second-order valence-corrected chi connectivity index (χ2v) is 4.76. The van der Waals surface area contributed by atoms with Crippen LogP contribution in [0.1, 0.15) is 24.8 Å². The summed E-state index contributed by atoms with van der Waals surface area (Å²) in [5, 5.41) is 0. The molecule has 2 bridgehead atoms. The first kappa shape index (κ1) is 9.84. The highest BCUT2D eigenvalue weighted by molar-refractivity contribution is 5.39. The van der Waals surface area contributed by atoms with Gasteiger partial charge in [-0.05, 0) is 31.4 Å². The van der Waals surface area contributed by atoms with Gasteiger partial charge in [0.25, 0.3) is 5.92 Å². The fraction of sp³-hybridized carbons (Fsp3) is 0.429. The predicted octanol–water partition coefficient (Wildman–Crippen LogP) is 3.47. The van der Waals surface area contributed by atoms with Gasteiger partial charge in [0.05, 0.1) is 5.41 Å². The highest BCUT2D eigenvalue weighted by Crippen LogP contribution is 2.68. The standard InChI is InChI=1S/C14H12F2/c15-14(16)12-7-9-13(14,10-12)8-6-11-4-2-1-3-5-11/h1-5,12H,7,9-10H2. The number of hydrogen-bond acceptors (Lipinski definition) is 0. The van der Waals surface area contributed by atoms with Gasteiger partial charge in [0.1, 0.15) is 0 Å². The van der Waals surface area contributed by atoms with Gasteiger partial charge < -0.3 is 0 Å². The summed E-state index contributed by atoms with van der Waals surface area (Å²) in [5.74, 6) is 2.77. The number of benzene rings is 1. The molecule has 0 aromatic heterocycles. The topological polar surface area (TPSA) is 0 Å². The first-order chi connectivity index (χ1) is 7.64. The molecule has 1 aromatic carbocycles. The molecule has 3 aliphatic carbocycles. The van der Waals surface area contributed by atoms with Crippen LogP contribution in [0.15, 0.2) is 30.3 Å². The molecule has 0 N–H and O–H groups in total. The van der Waals surface area contributed by atoms with E-state index >= 15 is 0 Å². The molecule has 0 nitrogen and oxygen atoms in total. The van der Waals surface area contributed by atoms with Gasteiger partial charge >= 0.3 is 0 Å². The van der Waals surface area contributed by atoms with Gasteiger partial charge in [0.15, 0.2) is 0 Å². The third-order valence-corrected chi connectivity index (χ3v) is 3.89. The molecular formula is C14H12F2. The summed E-state index contributed by atoms with van der Waals surface area (Å²) < 4.78 is 27.3. The Balaban J connectivity index is 1.89. The van der Waals surface area contributed by atoms with Crippen molar-refractivity contribution < 1.29 is 8.78 Å². The van der Waals surface area contributed by atoms with Crippen LogP contribution in [0.3, 0.4) is 0 Å². The van der Waals surface area contributed by atoms with Crippen molar-refractivity contribution in [3.63, 3.8) is 0 Å². The Labute approximate surface area is 93.7 Å². The Morgan fingerprint density at radius 2 is 1.94 bits per heavy atom. The van der Waals surface area contributed by atoms with Crippen molar-refractivity contribution >= 4 is 0 Å². The lowest BCUT2D eigenvalue weighted by atomic mass is 9.66. The van der Waals surface area contributed by atoms with Crippen LogP contribution in [0.25, 0.3) is 0 Å². The van der Waals surface area contributed by atoms with Gasteiger partial charge in [-0.15, -0.1) is 0 Å². The molecule has 2 heteroatoms. The normalized spacial score (nSPS) is 33.8. The highest BCUT2D eigenvalue weighted by Gasteiger charge is 2.72. The first-order valence-corrected chi connectivity index (χ1v) is 5.60. The van der Waals surface area contributed by atoms with Crippen LogP contribution in [-0.4, -0.2) is 5.92 Å². The van der Waals surface area contributed by atoms with E-state index in [1.54, 1.807) is 0 Å². The second kappa shape index (κ2) is 3.07. The van der Waals surface area contributed by atoms with Crippen LogP contribution in [-0.2, 0) is 0 Å². The lowest BCUT2D eigenvalue weighted by Gasteiger charge is -2.43. The minimum atomic E-state index is -2.55. The van der Waals surface area contributed by atoms with Crippen molar-refractivity contribution in [2.24, 2.45) is 11.3 Å². The van der Waals surface area contributed by atoms with E-state index in [-0.39, 0.29) is 0 Å². The third kappa shape index (κ3) is 1.15. The number of fused-ring (bicyclic) bond motifs is 1. The van der Waals surface area contributed by atoms with Crippen molar-refractivity contribution in [2.75, 3.05) is 0 Å². The van der Waals surface area contributed by atoms with Crippen molar-refractivity contribution in [3.05, 3.63) is 35.9 Å². The van der Waals surface area contributed by atoms with Crippen LogP contribution in [0.4, 0.5) is 8.78 Å². The second-order valence-electron chi connectivity index (χ2n) is 4.76. The lowest BCUT2D eigenvalue weighted by Crippen LogP contribution is -2.50. The molecule has 0 heterocycles. The molecular weight excluding hydrogens is 206 g/mol. The third-order valence-electron chi connectivity index (χ3n) is 3.89. The van der Waals surface area contributed by atoms with E-state index in [2.05, 4.69) is 11.8 Å². The minimum Gasteiger partial charge on any atom is -0.205 e. The Kier molecular flexibility index (Phi) is 1.89.